The van der Waals surface area contributed by atoms with E-state index in [0.29, 0.717) is 31.4 Å². The molecule has 22 heavy (non-hydrogen) atoms. The first-order chi connectivity index (χ1) is 10.4. The fraction of sp³-hybridized carbons (Fsp3) is 0.562. The molecular formula is C16H18F3NO2. The summed E-state index contributed by atoms with van der Waals surface area (Å²) in [4.78, 5) is 12.3. The van der Waals surface area contributed by atoms with Crippen LogP contribution in [0.5, 0.6) is 5.75 Å². The number of carbonyl (C=O) groups is 1. The van der Waals surface area contributed by atoms with Gasteiger partial charge >= 0.3 is 6.18 Å². The highest BCUT2D eigenvalue weighted by molar-refractivity contribution is 5.82. The Morgan fingerprint density at radius 3 is 2.64 bits per heavy atom. The maximum Gasteiger partial charge on any atom is 0.393 e. The number of amides is 1. The average Bonchev–Trinajstić information content (AvgIpc) is 2.90. The van der Waals surface area contributed by atoms with Crippen LogP contribution in [0.2, 0.25) is 0 Å². The fourth-order valence-electron chi connectivity index (χ4n) is 3.30. The van der Waals surface area contributed by atoms with E-state index in [0.717, 1.165) is 5.56 Å². The molecule has 0 bridgehead atoms. The molecule has 0 aromatic heterocycles. The zero-order valence-electron chi connectivity index (χ0n) is 12.0. The highest BCUT2D eigenvalue weighted by Gasteiger charge is 2.46. The van der Waals surface area contributed by atoms with Crippen molar-refractivity contribution in [2.45, 2.75) is 50.4 Å². The minimum absolute atomic E-state index is 0.0835. The summed E-state index contributed by atoms with van der Waals surface area (Å²) in [5.41, 5.74) is 0.915. The smallest absolute Gasteiger partial charge is 0.393 e. The molecule has 0 unspecified atom stereocenters. The molecule has 1 fully saturated rings. The number of hydrogen-bond acceptors (Lipinski definition) is 2. The van der Waals surface area contributed by atoms with Gasteiger partial charge in [0.05, 0.1) is 5.92 Å². The van der Waals surface area contributed by atoms with Gasteiger partial charge in [-0.1, -0.05) is 31.0 Å². The molecule has 120 valence electrons. The van der Waals surface area contributed by atoms with Gasteiger partial charge < -0.3 is 10.1 Å². The third-order valence-electron chi connectivity index (χ3n) is 4.45. The fourth-order valence-corrected chi connectivity index (χ4v) is 3.30. The third kappa shape index (κ3) is 3.05. The summed E-state index contributed by atoms with van der Waals surface area (Å²) in [6.45, 7) is 0. The first kappa shape index (κ1) is 15.2. The summed E-state index contributed by atoms with van der Waals surface area (Å²) in [7, 11) is 0. The van der Waals surface area contributed by atoms with Crippen LogP contribution < -0.4 is 10.1 Å². The molecule has 1 aromatic carbocycles. The first-order valence-electron chi connectivity index (χ1n) is 7.57. The number of ether oxygens (including phenoxy) is 1. The topological polar surface area (TPSA) is 38.3 Å². The van der Waals surface area contributed by atoms with Gasteiger partial charge in [0, 0.05) is 12.5 Å². The number of halogens is 3. The molecule has 1 aliphatic carbocycles. The van der Waals surface area contributed by atoms with E-state index < -0.39 is 30.1 Å². The zero-order chi connectivity index (χ0) is 15.7. The van der Waals surface area contributed by atoms with Gasteiger partial charge in [0.15, 0.2) is 6.10 Å². The molecule has 1 aliphatic heterocycles. The molecule has 2 aliphatic rings. The lowest BCUT2D eigenvalue weighted by Gasteiger charge is -2.34. The molecule has 3 rings (SSSR count). The highest BCUT2D eigenvalue weighted by atomic mass is 19.4. The van der Waals surface area contributed by atoms with Gasteiger partial charge in [0.25, 0.3) is 5.91 Å². The molecule has 1 saturated carbocycles. The van der Waals surface area contributed by atoms with Crippen LogP contribution in [-0.2, 0) is 11.2 Å². The second-order valence-electron chi connectivity index (χ2n) is 5.97. The van der Waals surface area contributed by atoms with Crippen molar-refractivity contribution in [2.24, 2.45) is 5.92 Å². The van der Waals surface area contributed by atoms with Crippen molar-refractivity contribution in [2.75, 3.05) is 0 Å². The van der Waals surface area contributed by atoms with E-state index in [1.165, 1.54) is 0 Å². The van der Waals surface area contributed by atoms with Crippen LogP contribution in [-0.4, -0.2) is 24.2 Å². The second-order valence-corrected chi connectivity index (χ2v) is 5.97. The summed E-state index contributed by atoms with van der Waals surface area (Å²) >= 11 is 0. The van der Waals surface area contributed by atoms with E-state index in [1.54, 1.807) is 12.1 Å². The van der Waals surface area contributed by atoms with Gasteiger partial charge in [-0.2, -0.15) is 13.2 Å². The largest absolute Gasteiger partial charge is 0.480 e. The minimum atomic E-state index is -4.27. The number of carbonyl (C=O) groups excluding carboxylic acids is 1. The zero-order valence-corrected chi connectivity index (χ0v) is 12.0. The number of nitrogens with one attached hydrogen (secondary N) is 1. The van der Waals surface area contributed by atoms with E-state index in [-0.39, 0.29) is 6.42 Å². The summed E-state index contributed by atoms with van der Waals surface area (Å²) in [5, 5.41) is 2.57. The average molecular weight is 313 g/mol. The van der Waals surface area contributed by atoms with Crippen molar-refractivity contribution >= 4 is 5.91 Å². The number of alkyl halides is 3. The van der Waals surface area contributed by atoms with Gasteiger partial charge in [0.2, 0.25) is 0 Å². The quantitative estimate of drug-likeness (QED) is 0.910. The second kappa shape index (κ2) is 5.82. The van der Waals surface area contributed by atoms with Gasteiger partial charge in [-0.25, -0.2) is 0 Å². The van der Waals surface area contributed by atoms with Crippen LogP contribution >= 0.6 is 0 Å². The number of fused-ring (bicyclic) bond motifs is 1. The molecule has 3 atom stereocenters. The number of rotatable bonds is 2. The van der Waals surface area contributed by atoms with Crippen LogP contribution in [0.4, 0.5) is 13.2 Å². The normalized spacial score (nSPS) is 27.9. The SMILES string of the molecule is O=C(N[C@@H]1CCCC[C@@H]1C(F)(F)F)[C@@H]1Cc2ccccc2O1. The molecule has 1 aromatic rings. The van der Waals surface area contributed by atoms with Crippen molar-refractivity contribution in [3.05, 3.63) is 29.8 Å². The lowest BCUT2D eigenvalue weighted by atomic mass is 9.84. The number of hydrogen-bond donors (Lipinski definition) is 1. The molecule has 0 spiro atoms. The van der Waals surface area contributed by atoms with E-state index in [1.807, 2.05) is 12.1 Å². The van der Waals surface area contributed by atoms with E-state index in [9.17, 15) is 18.0 Å². The molecule has 1 amide bonds. The molecule has 3 nitrogen and oxygen atoms in total. The van der Waals surface area contributed by atoms with Crippen LogP contribution in [0.1, 0.15) is 31.2 Å². The Balaban J connectivity index is 1.64. The van der Waals surface area contributed by atoms with Crippen molar-refractivity contribution in [3.63, 3.8) is 0 Å². The molecular weight excluding hydrogens is 295 g/mol. The summed E-state index contributed by atoms with van der Waals surface area (Å²) in [6, 6.07) is 6.45. The van der Waals surface area contributed by atoms with Crippen molar-refractivity contribution < 1.29 is 22.7 Å². The summed E-state index contributed by atoms with van der Waals surface area (Å²) < 4.78 is 44.7. The Hall–Kier alpha value is -1.72. The molecule has 1 heterocycles. The lowest BCUT2D eigenvalue weighted by Crippen LogP contribution is -2.51. The van der Waals surface area contributed by atoms with Crippen molar-refractivity contribution in [1.29, 1.82) is 0 Å². The van der Waals surface area contributed by atoms with Crippen LogP contribution in [0.15, 0.2) is 24.3 Å². The molecule has 1 N–H and O–H groups in total. The Labute approximate surface area is 126 Å². The monoisotopic (exact) mass is 313 g/mol. The summed E-state index contributed by atoms with van der Waals surface area (Å²) in [6.07, 6.45) is -2.86. The van der Waals surface area contributed by atoms with E-state index >= 15 is 0 Å². The van der Waals surface area contributed by atoms with Gasteiger partial charge in [-0.05, 0) is 24.5 Å². The Morgan fingerprint density at radius 1 is 1.18 bits per heavy atom. The third-order valence-corrected chi connectivity index (χ3v) is 4.45. The lowest BCUT2D eigenvalue weighted by molar-refractivity contribution is -0.189. The van der Waals surface area contributed by atoms with E-state index in [4.69, 9.17) is 4.74 Å². The number of para-hydroxylation sites is 1. The predicted molar refractivity (Wildman–Crippen MR) is 74.5 cm³/mol. The predicted octanol–water partition coefficient (Wildman–Crippen LogP) is 3.23. The maximum atomic E-state index is 13.1. The Bertz CT molecular complexity index is 534. The standard InChI is InChI=1S/C16H18F3NO2/c17-16(18,19)11-6-2-3-7-12(11)20-15(21)14-9-10-5-1-4-8-13(10)22-14/h1,4-5,8,11-12,14H,2-3,6-7,9H2,(H,20,21)/t11-,12+,14-/m0/s1. The van der Waals surface area contributed by atoms with Gasteiger partial charge in [-0.3, -0.25) is 4.79 Å². The van der Waals surface area contributed by atoms with Crippen molar-refractivity contribution in [1.82, 2.24) is 5.32 Å². The highest BCUT2D eigenvalue weighted by Crippen LogP contribution is 2.38. The van der Waals surface area contributed by atoms with Crippen LogP contribution in [0, 0.1) is 5.92 Å². The van der Waals surface area contributed by atoms with Crippen molar-refractivity contribution in [3.8, 4) is 5.75 Å². The Morgan fingerprint density at radius 2 is 1.91 bits per heavy atom. The van der Waals surface area contributed by atoms with Crippen LogP contribution in [0.3, 0.4) is 0 Å². The van der Waals surface area contributed by atoms with Gasteiger partial charge in [0.1, 0.15) is 5.75 Å². The maximum absolute atomic E-state index is 13.1. The molecule has 6 heteroatoms. The first-order valence-corrected chi connectivity index (χ1v) is 7.57. The summed E-state index contributed by atoms with van der Waals surface area (Å²) in [5.74, 6) is -1.26. The Kier molecular flexibility index (Phi) is 4.02. The minimum Gasteiger partial charge on any atom is -0.480 e. The van der Waals surface area contributed by atoms with Crippen LogP contribution in [0.25, 0.3) is 0 Å². The van der Waals surface area contributed by atoms with Gasteiger partial charge in [-0.15, -0.1) is 0 Å². The number of benzene rings is 1. The van der Waals surface area contributed by atoms with E-state index in [2.05, 4.69) is 5.32 Å². The molecule has 0 saturated heterocycles. The molecule has 0 radical (unpaired) electrons.